The number of hydrogen-bond donors (Lipinski definition) is 0. The smallest absolute Gasteiger partial charge is 0.270 e. The number of aryl methyl sites for hydroxylation is 1. The molecule has 0 bridgehead atoms. The third-order valence-electron chi connectivity index (χ3n) is 4.71. The summed E-state index contributed by atoms with van der Waals surface area (Å²) in [6.07, 6.45) is 0. The number of amides is 1. The number of hydrogen-bond acceptors (Lipinski definition) is 5. The molecule has 2 aromatic carbocycles. The van der Waals surface area contributed by atoms with Crippen LogP contribution >= 0.6 is 23.2 Å². The SMILES string of the molecule is Cc1ccc([N+](=O)[O-])cc1S(=O)(=O)N1CCN(C(=O)c2cccc(Cl)c2Cl)CC1. The number of benzene rings is 2. The third kappa shape index (κ3) is 4.23. The molecule has 0 radical (unpaired) electrons. The molecule has 1 aliphatic rings. The number of nitro benzene ring substituents is 1. The molecule has 0 saturated carbocycles. The lowest BCUT2D eigenvalue weighted by molar-refractivity contribution is -0.385. The van der Waals surface area contributed by atoms with Crippen molar-refractivity contribution in [3.05, 3.63) is 67.7 Å². The molecule has 154 valence electrons. The Bertz CT molecular complexity index is 1080. The Morgan fingerprint density at radius 2 is 1.76 bits per heavy atom. The summed E-state index contributed by atoms with van der Waals surface area (Å²) >= 11 is 12.1. The highest BCUT2D eigenvalue weighted by atomic mass is 35.5. The Morgan fingerprint density at radius 1 is 1.10 bits per heavy atom. The van der Waals surface area contributed by atoms with Crippen molar-refractivity contribution < 1.29 is 18.1 Å². The van der Waals surface area contributed by atoms with Crippen LogP contribution < -0.4 is 0 Å². The van der Waals surface area contributed by atoms with E-state index in [4.69, 9.17) is 23.2 Å². The maximum Gasteiger partial charge on any atom is 0.270 e. The van der Waals surface area contributed by atoms with E-state index >= 15 is 0 Å². The molecule has 11 heteroatoms. The minimum Gasteiger partial charge on any atom is -0.336 e. The molecule has 1 aliphatic heterocycles. The largest absolute Gasteiger partial charge is 0.336 e. The molecule has 2 aromatic rings. The van der Waals surface area contributed by atoms with Gasteiger partial charge in [-0.15, -0.1) is 0 Å². The fourth-order valence-electron chi connectivity index (χ4n) is 3.09. The lowest BCUT2D eigenvalue weighted by atomic mass is 10.2. The van der Waals surface area contributed by atoms with Crippen LogP contribution in [0, 0.1) is 17.0 Å². The molecule has 0 unspecified atom stereocenters. The quantitative estimate of drug-likeness (QED) is 0.517. The van der Waals surface area contributed by atoms with Gasteiger partial charge in [0, 0.05) is 38.3 Å². The Kier molecular flexibility index (Phi) is 6.13. The summed E-state index contributed by atoms with van der Waals surface area (Å²) in [5.41, 5.74) is 0.378. The minimum absolute atomic E-state index is 0.0639. The van der Waals surface area contributed by atoms with Crippen molar-refractivity contribution in [2.24, 2.45) is 0 Å². The van der Waals surface area contributed by atoms with Gasteiger partial charge in [-0.2, -0.15) is 4.31 Å². The molecule has 1 fully saturated rings. The minimum atomic E-state index is -3.93. The number of non-ortho nitro benzene ring substituents is 1. The molecule has 1 saturated heterocycles. The summed E-state index contributed by atoms with van der Waals surface area (Å²) in [5.74, 6) is -0.332. The first-order chi connectivity index (χ1) is 13.6. The number of carbonyl (C=O) groups excluding carboxylic acids is 1. The average molecular weight is 458 g/mol. The Morgan fingerprint density at radius 3 is 2.38 bits per heavy atom. The van der Waals surface area contributed by atoms with Gasteiger partial charge in [0.1, 0.15) is 0 Å². The van der Waals surface area contributed by atoms with Crippen LogP contribution in [-0.4, -0.2) is 54.6 Å². The van der Waals surface area contributed by atoms with Gasteiger partial charge < -0.3 is 4.90 Å². The van der Waals surface area contributed by atoms with Gasteiger partial charge in [-0.05, 0) is 24.6 Å². The molecule has 0 aliphatic carbocycles. The van der Waals surface area contributed by atoms with Gasteiger partial charge in [-0.1, -0.05) is 35.3 Å². The monoisotopic (exact) mass is 457 g/mol. The van der Waals surface area contributed by atoms with Crippen LogP contribution in [0.25, 0.3) is 0 Å². The van der Waals surface area contributed by atoms with Crippen LogP contribution in [0.2, 0.25) is 10.0 Å². The van der Waals surface area contributed by atoms with Gasteiger partial charge in [0.05, 0.1) is 25.4 Å². The van der Waals surface area contributed by atoms with E-state index in [9.17, 15) is 23.3 Å². The van der Waals surface area contributed by atoms with Gasteiger partial charge in [0.25, 0.3) is 11.6 Å². The fraction of sp³-hybridized carbons (Fsp3) is 0.278. The standard InChI is InChI=1S/C18H17Cl2N3O5S/c1-12-5-6-13(23(25)26)11-16(12)29(27,28)22-9-7-21(8-10-22)18(24)14-3-2-4-15(19)17(14)20/h2-6,11H,7-10H2,1H3. The molecule has 0 aromatic heterocycles. The zero-order valence-electron chi connectivity index (χ0n) is 15.3. The summed E-state index contributed by atoms with van der Waals surface area (Å²) in [5, 5.41) is 11.4. The van der Waals surface area contributed by atoms with Gasteiger partial charge in [0.15, 0.2) is 0 Å². The number of halogens is 2. The summed E-state index contributed by atoms with van der Waals surface area (Å²) < 4.78 is 27.2. The Balaban J connectivity index is 1.78. The highest BCUT2D eigenvalue weighted by Gasteiger charge is 2.32. The first-order valence-corrected chi connectivity index (χ1v) is 10.8. The van der Waals surface area contributed by atoms with Crippen molar-refractivity contribution in [3.63, 3.8) is 0 Å². The van der Waals surface area contributed by atoms with Crippen LogP contribution in [0.5, 0.6) is 0 Å². The van der Waals surface area contributed by atoms with Crippen LogP contribution in [0.15, 0.2) is 41.3 Å². The zero-order chi connectivity index (χ0) is 21.3. The van der Waals surface area contributed by atoms with Crippen molar-refractivity contribution >= 4 is 44.8 Å². The van der Waals surface area contributed by atoms with Crippen LogP contribution in [0.1, 0.15) is 15.9 Å². The van der Waals surface area contributed by atoms with Crippen LogP contribution in [0.4, 0.5) is 5.69 Å². The Hall–Kier alpha value is -2.20. The van der Waals surface area contributed by atoms with Crippen molar-refractivity contribution in [1.29, 1.82) is 0 Å². The predicted octanol–water partition coefficient (Wildman–Crippen LogP) is 3.36. The Labute approximate surface area is 177 Å². The maximum absolute atomic E-state index is 13.0. The molecule has 1 amide bonds. The maximum atomic E-state index is 13.0. The second kappa shape index (κ2) is 8.27. The van der Waals surface area contributed by atoms with Gasteiger partial charge in [-0.25, -0.2) is 8.42 Å². The molecule has 3 rings (SSSR count). The van der Waals surface area contributed by atoms with E-state index in [2.05, 4.69) is 0 Å². The molecule has 1 heterocycles. The summed E-state index contributed by atoms with van der Waals surface area (Å²) in [6, 6.07) is 8.49. The summed E-state index contributed by atoms with van der Waals surface area (Å²) in [7, 11) is -3.93. The topological polar surface area (TPSA) is 101 Å². The number of carbonyl (C=O) groups is 1. The first-order valence-electron chi connectivity index (χ1n) is 8.61. The molecule has 8 nitrogen and oxygen atoms in total. The highest BCUT2D eigenvalue weighted by Crippen LogP contribution is 2.28. The molecule has 0 atom stereocenters. The third-order valence-corrected chi connectivity index (χ3v) is 7.57. The number of sulfonamides is 1. The van der Waals surface area contributed by atoms with E-state index in [0.717, 1.165) is 6.07 Å². The van der Waals surface area contributed by atoms with Gasteiger partial charge >= 0.3 is 0 Å². The van der Waals surface area contributed by atoms with E-state index in [-0.39, 0.29) is 58.3 Å². The van der Waals surface area contributed by atoms with Crippen molar-refractivity contribution in [1.82, 2.24) is 9.21 Å². The van der Waals surface area contributed by atoms with E-state index < -0.39 is 14.9 Å². The predicted molar refractivity (Wildman–Crippen MR) is 109 cm³/mol. The van der Waals surface area contributed by atoms with Crippen molar-refractivity contribution in [3.8, 4) is 0 Å². The lowest BCUT2D eigenvalue weighted by Crippen LogP contribution is -2.50. The van der Waals surface area contributed by atoms with Crippen molar-refractivity contribution in [2.45, 2.75) is 11.8 Å². The molecular weight excluding hydrogens is 441 g/mol. The average Bonchev–Trinajstić information content (AvgIpc) is 2.69. The van der Waals surface area contributed by atoms with E-state index in [1.165, 1.54) is 21.3 Å². The number of rotatable bonds is 4. The number of nitro groups is 1. The van der Waals surface area contributed by atoms with E-state index in [1.54, 1.807) is 25.1 Å². The van der Waals surface area contributed by atoms with E-state index in [0.29, 0.717) is 5.56 Å². The molecule has 0 spiro atoms. The van der Waals surface area contributed by atoms with Crippen LogP contribution in [0.3, 0.4) is 0 Å². The summed E-state index contributed by atoms with van der Waals surface area (Å²) in [6.45, 7) is 2.03. The van der Waals surface area contributed by atoms with Gasteiger partial charge in [-0.3, -0.25) is 14.9 Å². The molecular formula is C18H17Cl2N3O5S. The zero-order valence-corrected chi connectivity index (χ0v) is 17.7. The summed E-state index contributed by atoms with van der Waals surface area (Å²) in [4.78, 5) is 24.5. The first kappa shape index (κ1) is 21.5. The number of piperazine rings is 1. The highest BCUT2D eigenvalue weighted by molar-refractivity contribution is 7.89. The van der Waals surface area contributed by atoms with E-state index in [1.807, 2.05) is 0 Å². The fourth-order valence-corrected chi connectivity index (χ4v) is 5.14. The second-order valence-electron chi connectivity index (χ2n) is 6.50. The molecule has 29 heavy (non-hydrogen) atoms. The number of nitrogens with zero attached hydrogens (tertiary/aromatic N) is 3. The van der Waals surface area contributed by atoms with Crippen LogP contribution in [-0.2, 0) is 10.0 Å². The normalized spacial score (nSPS) is 15.3. The second-order valence-corrected chi connectivity index (χ2v) is 9.20. The van der Waals surface area contributed by atoms with Gasteiger partial charge in [0.2, 0.25) is 10.0 Å². The molecule has 0 N–H and O–H groups in total. The lowest BCUT2D eigenvalue weighted by Gasteiger charge is -2.34. The van der Waals surface area contributed by atoms with Crippen molar-refractivity contribution in [2.75, 3.05) is 26.2 Å².